The average molecular weight is 291 g/mol. The van der Waals surface area contributed by atoms with Gasteiger partial charge in [-0.1, -0.05) is 13.8 Å². The fourth-order valence-electron chi connectivity index (χ4n) is 1.24. The van der Waals surface area contributed by atoms with Gasteiger partial charge in [-0.3, -0.25) is 0 Å². The van der Waals surface area contributed by atoms with Crippen LogP contribution in [0.4, 0.5) is 4.39 Å². The topological polar surface area (TPSA) is 75.6 Å². The van der Waals surface area contributed by atoms with Crippen LogP contribution in [0.25, 0.3) is 0 Å². The molecular formula is C12H18FNO4S. The molecule has 0 bridgehead atoms. The number of sulfonamides is 1. The van der Waals surface area contributed by atoms with E-state index in [4.69, 9.17) is 9.84 Å². The van der Waals surface area contributed by atoms with E-state index in [9.17, 15) is 12.8 Å². The van der Waals surface area contributed by atoms with Crippen LogP contribution in [0.15, 0.2) is 23.1 Å². The molecule has 1 rings (SSSR count). The molecule has 0 radical (unpaired) electrons. The monoisotopic (exact) mass is 291 g/mol. The number of hydrogen-bond acceptors (Lipinski definition) is 4. The first-order valence-corrected chi connectivity index (χ1v) is 7.14. The normalized spacial score (nSPS) is 12.5. The minimum atomic E-state index is -3.81. The van der Waals surface area contributed by atoms with E-state index in [1.807, 2.05) is 0 Å². The van der Waals surface area contributed by atoms with Gasteiger partial charge in [-0.2, -0.15) is 0 Å². The van der Waals surface area contributed by atoms with E-state index in [2.05, 4.69) is 4.72 Å². The van der Waals surface area contributed by atoms with Gasteiger partial charge in [0.15, 0.2) is 11.6 Å². The Morgan fingerprint density at radius 1 is 1.42 bits per heavy atom. The first-order valence-electron chi connectivity index (χ1n) is 5.66. The van der Waals surface area contributed by atoms with Crippen LogP contribution in [0.2, 0.25) is 0 Å². The van der Waals surface area contributed by atoms with Crippen molar-refractivity contribution in [1.82, 2.24) is 4.72 Å². The van der Waals surface area contributed by atoms with Crippen molar-refractivity contribution in [1.29, 1.82) is 0 Å². The molecule has 5 nitrogen and oxygen atoms in total. The zero-order chi connectivity index (χ0) is 14.7. The Balaban J connectivity index is 2.92. The number of halogens is 1. The molecule has 1 aromatic carbocycles. The lowest BCUT2D eigenvalue weighted by atomic mass is 9.96. The molecule has 0 unspecified atom stereocenters. The van der Waals surface area contributed by atoms with Gasteiger partial charge in [0.2, 0.25) is 10.0 Å². The fourth-order valence-corrected chi connectivity index (χ4v) is 2.50. The largest absolute Gasteiger partial charge is 0.494 e. The maximum absolute atomic E-state index is 13.5. The van der Waals surface area contributed by atoms with Gasteiger partial charge >= 0.3 is 0 Å². The van der Waals surface area contributed by atoms with Crippen LogP contribution in [0.3, 0.4) is 0 Å². The zero-order valence-corrected chi connectivity index (χ0v) is 11.9. The van der Waals surface area contributed by atoms with Crippen molar-refractivity contribution < 1.29 is 22.7 Å². The molecule has 0 atom stereocenters. The Labute approximate surface area is 112 Å². The first kappa shape index (κ1) is 15.9. The number of nitrogens with one attached hydrogen (secondary N) is 1. The summed E-state index contributed by atoms with van der Waals surface area (Å²) >= 11 is 0. The summed E-state index contributed by atoms with van der Waals surface area (Å²) in [6.45, 7) is 3.32. The van der Waals surface area contributed by atoms with Gasteiger partial charge in [0.05, 0.1) is 12.0 Å². The Kier molecular flexibility index (Phi) is 4.89. The SMILES string of the molecule is COc1ccc(S(=O)(=O)NCC(C)(C)CO)cc1F. The summed E-state index contributed by atoms with van der Waals surface area (Å²) in [5.41, 5.74) is -0.585. The van der Waals surface area contributed by atoms with Gasteiger partial charge in [0.25, 0.3) is 0 Å². The van der Waals surface area contributed by atoms with Crippen molar-refractivity contribution in [3.63, 3.8) is 0 Å². The van der Waals surface area contributed by atoms with E-state index in [-0.39, 0.29) is 23.8 Å². The molecule has 19 heavy (non-hydrogen) atoms. The van der Waals surface area contributed by atoms with Crippen molar-refractivity contribution in [3.05, 3.63) is 24.0 Å². The molecule has 0 saturated carbocycles. The molecule has 0 spiro atoms. The fraction of sp³-hybridized carbons (Fsp3) is 0.500. The second-order valence-electron chi connectivity index (χ2n) is 4.94. The molecule has 0 amide bonds. The standard InChI is InChI=1S/C12H18FNO4S/c1-12(2,8-15)7-14-19(16,17)9-4-5-11(18-3)10(13)6-9/h4-6,14-15H,7-8H2,1-3H3. The van der Waals surface area contributed by atoms with Crippen molar-refractivity contribution in [2.24, 2.45) is 5.41 Å². The summed E-state index contributed by atoms with van der Waals surface area (Å²) in [4.78, 5) is -0.181. The third-order valence-corrected chi connectivity index (χ3v) is 4.00. The molecule has 1 aromatic rings. The Bertz CT molecular complexity index is 543. The number of hydrogen-bond donors (Lipinski definition) is 2. The van der Waals surface area contributed by atoms with Crippen LogP contribution in [-0.2, 0) is 10.0 Å². The highest BCUT2D eigenvalue weighted by Gasteiger charge is 2.22. The number of ether oxygens (including phenoxy) is 1. The molecule has 0 aliphatic carbocycles. The van der Waals surface area contributed by atoms with Gasteiger partial charge in [-0.15, -0.1) is 0 Å². The molecule has 108 valence electrons. The maximum atomic E-state index is 13.5. The van der Waals surface area contributed by atoms with Gasteiger partial charge in [0.1, 0.15) is 0 Å². The Morgan fingerprint density at radius 3 is 2.53 bits per heavy atom. The highest BCUT2D eigenvalue weighted by Crippen LogP contribution is 2.21. The van der Waals surface area contributed by atoms with Gasteiger partial charge in [0, 0.05) is 18.6 Å². The molecule has 0 fully saturated rings. The summed E-state index contributed by atoms with van der Waals surface area (Å²) in [5, 5.41) is 9.06. The van der Waals surface area contributed by atoms with Crippen molar-refractivity contribution in [3.8, 4) is 5.75 Å². The predicted octanol–water partition coefficient (Wildman–Crippen LogP) is 1.13. The highest BCUT2D eigenvalue weighted by atomic mass is 32.2. The minimum Gasteiger partial charge on any atom is -0.494 e. The van der Waals surface area contributed by atoms with E-state index in [0.717, 1.165) is 6.07 Å². The van der Waals surface area contributed by atoms with Crippen LogP contribution in [-0.4, -0.2) is 33.8 Å². The number of rotatable bonds is 6. The van der Waals surface area contributed by atoms with E-state index >= 15 is 0 Å². The Hall–Kier alpha value is -1.18. The summed E-state index contributed by atoms with van der Waals surface area (Å²) in [7, 11) is -2.51. The average Bonchev–Trinajstić information content (AvgIpc) is 2.36. The number of aliphatic hydroxyl groups is 1. The lowest BCUT2D eigenvalue weighted by molar-refractivity contribution is 0.163. The number of aliphatic hydroxyl groups excluding tert-OH is 1. The van der Waals surface area contributed by atoms with Crippen LogP contribution in [0.5, 0.6) is 5.75 Å². The minimum absolute atomic E-state index is 0.0189. The summed E-state index contributed by atoms with van der Waals surface area (Å²) in [6, 6.07) is 3.41. The van der Waals surface area contributed by atoms with E-state index in [1.54, 1.807) is 13.8 Å². The maximum Gasteiger partial charge on any atom is 0.240 e. The molecular weight excluding hydrogens is 273 g/mol. The van der Waals surface area contributed by atoms with E-state index < -0.39 is 21.3 Å². The van der Waals surface area contributed by atoms with Crippen molar-refractivity contribution in [2.75, 3.05) is 20.3 Å². The van der Waals surface area contributed by atoms with Crippen molar-refractivity contribution in [2.45, 2.75) is 18.7 Å². The van der Waals surface area contributed by atoms with Crippen LogP contribution < -0.4 is 9.46 Å². The zero-order valence-electron chi connectivity index (χ0n) is 11.1. The Morgan fingerprint density at radius 2 is 2.05 bits per heavy atom. The molecule has 0 heterocycles. The van der Waals surface area contributed by atoms with Gasteiger partial charge < -0.3 is 9.84 Å². The summed E-state index contributed by atoms with van der Waals surface area (Å²) < 4.78 is 44.4. The number of benzene rings is 1. The van der Waals surface area contributed by atoms with E-state index in [0.29, 0.717) is 0 Å². The summed E-state index contributed by atoms with van der Waals surface area (Å²) in [5.74, 6) is -0.763. The molecule has 0 aliphatic rings. The second kappa shape index (κ2) is 5.85. The second-order valence-corrected chi connectivity index (χ2v) is 6.71. The third-order valence-electron chi connectivity index (χ3n) is 2.60. The van der Waals surface area contributed by atoms with Crippen LogP contribution in [0.1, 0.15) is 13.8 Å². The van der Waals surface area contributed by atoms with Crippen LogP contribution in [0, 0.1) is 11.2 Å². The van der Waals surface area contributed by atoms with Gasteiger partial charge in [-0.25, -0.2) is 17.5 Å². The van der Waals surface area contributed by atoms with Crippen molar-refractivity contribution >= 4 is 10.0 Å². The molecule has 0 aliphatic heterocycles. The quantitative estimate of drug-likeness (QED) is 0.824. The number of methoxy groups -OCH3 is 1. The molecule has 2 N–H and O–H groups in total. The van der Waals surface area contributed by atoms with E-state index in [1.165, 1.54) is 19.2 Å². The lowest BCUT2D eigenvalue weighted by Gasteiger charge is -2.21. The summed E-state index contributed by atoms with van der Waals surface area (Å²) in [6.07, 6.45) is 0. The highest BCUT2D eigenvalue weighted by molar-refractivity contribution is 7.89. The molecule has 7 heteroatoms. The van der Waals surface area contributed by atoms with Crippen LogP contribution >= 0.6 is 0 Å². The first-order chi connectivity index (χ1) is 8.72. The lowest BCUT2D eigenvalue weighted by Crippen LogP contribution is -2.36. The predicted molar refractivity (Wildman–Crippen MR) is 69.0 cm³/mol. The molecule has 0 aromatic heterocycles. The third kappa shape index (κ3) is 4.15. The molecule has 0 saturated heterocycles. The van der Waals surface area contributed by atoms with Gasteiger partial charge in [-0.05, 0) is 18.2 Å². The smallest absolute Gasteiger partial charge is 0.240 e.